The molecule has 1 aliphatic heterocycles. The van der Waals surface area contributed by atoms with Crippen molar-refractivity contribution >= 4 is 12.3 Å². The summed E-state index contributed by atoms with van der Waals surface area (Å²) >= 11 is 0. The van der Waals surface area contributed by atoms with Crippen LogP contribution in [-0.4, -0.2) is 53.3 Å². The molecule has 1 aromatic rings. The molecule has 0 spiro atoms. The quantitative estimate of drug-likeness (QED) is 0.774. The van der Waals surface area contributed by atoms with Gasteiger partial charge in [0, 0.05) is 26.2 Å². The van der Waals surface area contributed by atoms with Gasteiger partial charge < -0.3 is 9.80 Å². The van der Waals surface area contributed by atoms with Gasteiger partial charge in [-0.15, -0.1) is 0 Å². The van der Waals surface area contributed by atoms with E-state index in [-0.39, 0.29) is 17.2 Å². The van der Waals surface area contributed by atoms with Gasteiger partial charge in [-0.25, -0.2) is 4.98 Å². The molecule has 0 aliphatic carbocycles. The highest BCUT2D eigenvalue weighted by molar-refractivity contribution is 5.95. The molecule has 0 bridgehead atoms. The molecule has 2 amide bonds. The van der Waals surface area contributed by atoms with E-state index in [9.17, 15) is 22.8 Å². The number of hydrogen-bond donors (Lipinski definition) is 0. The number of piperazine rings is 1. The summed E-state index contributed by atoms with van der Waals surface area (Å²) in [5, 5.41) is 0. The van der Waals surface area contributed by atoms with Crippen LogP contribution in [0, 0.1) is 6.92 Å². The monoisotopic (exact) mass is 301 g/mol. The minimum Gasteiger partial charge on any atom is -0.342 e. The molecule has 8 heteroatoms. The maximum absolute atomic E-state index is 12.5. The lowest BCUT2D eigenvalue weighted by Crippen LogP contribution is -2.48. The largest absolute Gasteiger partial charge is 0.433 e. The second-order valence-electron chi connectivity index (χ2n) is 4.76. The van der Waals surface area contributed by atoms with Crippen molar-refractivity contribution in [3.05, 3.63) is 29.1 Å². The van der Waals surface area contributed by atoms with E-state index in [1.165, 1.54) is 11.8 Å². The van der Waals surface area contributed by atoms with Gasteiger partial charge >= 0.3 is 6.18 Å². The number of halogens is 3. The van der Waals surface area contributed by atoms with Crippen molar-refractivity contribution in [3.8, 4) is 0 Å². The van der Waals surface area contributed by atoms with Crippen LogP contribution in [0.1, 0.15) is 21.7 Å². The molecular formula is C13H14F3N3O2. The number of nitrogens with zero attached hydrogens (tertiary/aromatic N) is 3. The Morgan fingerprint density at radius 3 is 2.33 bits per heavy atom. The summed E-state index contributed by atoms with van der Waals surface area (Å²) in [5.74, 6) is -0.362. The van der Waals surface area contributed by atoms with Gasteiger partial charge in [-0.05, 0) is 19.1 Å². The molecule has 0 aromatic carbocycles. The number of carbonyl (C=O) groups excluding carboxylic acids is 2. The average molecular weight is 301 g/mol. The molecule has 0 N–H and O–H groups in total. The van der Waals surface area contributed by atoms with Gasteiger partial charge in [-0.1, -0.05) is 0 Å². The standard InChI is InChI=1S/C13H14F3N3O2/c1-9-10(2-3-11(17-9)13(14,15)16)12(21)19-6-4-18(8-20)5-7-19/h2-3,8H,4-7H2,1H3. The third-order valence-electron chi connectivity index (χ3n) is 3.36. The molecule has 1 aliphatic rings. The van der Waals surface area contributed by atoms with Gasteiger partial charge in [0.05, 0.1) is 11.3 Å². The second kappa shape index (κ2) is 5.71. The molecule has 21 heavy (non-hydrogen) atoms. The fourth-order valence-corrected chi connectivity index (χ4v) is 2.15. The number of alkyl halides is 3. The summed E-state index contributed by atoms with van der Waals surface area (Å²) in [7, 11) is 0. The molecule has 1 aromatic heterocycles. The molecule has 0 radical (unpaired) electrons. The van der Waals surface area contributed by atoms with Crippen LogP contribution in [0.4, 0.5) is 13.2 Å². The van der Waals surface area contributed by atoms with Crippen molar-refractivity contribution in [2.45, 2.75) is 13.1 Å². The number of rotatable bonds is 2. The van der Waals surface area contributed by atoms with E-state index in [0.29, 0.717) is 32.6 Å². The Balaban J connectivity index is 2.15. The predicted octanol–water partition coefficient (Wildman–Crippen LogP) is 1.32. The van der Waals surface area contributed by atoms with Crippen molar-refractivity contribution in [2.75, 3.05) is 26.2 Å². The van der Waals surface area contributed by atoms with Crippen molar-refractivity contribution in [2.24, 2.45) is 0 Å². The number of amides is 2. The Morgan fingerprint density at radius 1 is 1.24 bits per heavy atom. The lowest BCUT2D eigenvalue weighted by Gasteiger charge is -2.32. The topological polar surface area (TPSA) is 53.5 Å². The van der Waals surface area contributed by atoms with Crippen LogP contribution in [0.2, 0.25) is 0 Å². The summed E-state index contributed by atoms with van der Waals surface area (Å²) in [5.41, 5.74) is -0.808. The minimum atomic E-state index is -4.53. The van der Waals surface area contributed by atoms with E-state index >= 15 is 0 Å². The number of pyridine rings is 1. The van der Waals surface area contributed by atoms with E-state index in [0.717, 1.165) is 12.1 Å². The molecular weight excluding hydrogens is 287 g/mol. The van der Waals surface area contributed by atoms with E-state index in [4.69, 9.17) is 0 Å². The first kappa shape index (κ1) is 15.3. The van der Waals surface area contributed by atoms with Crippen molar-refractivity contribution in [1.29, 1.82) is 0 Å². The smallest absolute Gasteiger partial charge is 0.342 e. The third-order valence-corrected chi connectivity index (χ3v) is 3.36. The van der Waals surface area contributed by atoms with Crippen LogP contribution < -0.4 is 0 Å². The summed E-state index contributed by atoms with van der Waals surface area (Å²) in [4.78, 5) is 29.4. The van der Waals surface area contributed by atoms with Gasteiger partial charge in [0.2, 0.25) is 6.41 Å². The molecule has 5 nitrogen and oxygen atoms in total. The predicted molar refractivity (Wildman–Crippen MR) is 67.5 cm³/mol. The van der Waals surface area contributed by atoms with Crippen LogP contribution in [0.15, 0.2) is 12.1 Å². The average Bonchev–Trinajstić information content (AvgIpc) is 2.45. The van der Waals surface area contributed by atoms with Crippen molar-refractivity contribution in [1.82, 2.24) is 14.8 Å². The van der Waals surface area contributed by atoms with Crippen LogP contribution in [0.5, 0.6) is 0 Å². The van der Waals surface area contributed by atoms with Crippen LogP contribution in [0.25, 0.3) is 0 Å². The van der Waals surface area contributed by atoms with E-state index in [2.05, 4.69) is 4.98 Å². The highest BCUT2D eigenvalue weighted by Gasteiger charge is 2.33. The maximum atomic E-state index is 12.5. The summed E-state index contributed by atoms with van der Waals surface area (Å²) in [6.07, 6.45) is -3.81. The molecule has 1 saturated heterocycles. The number of aryl methyl sites for hydroxylation is 1. The molecule has 0 unspecified atom stereocenters. The summed E-state index contributed by atoms with van der Waals surface area (Å²) in [6, 6.07) is 1.96. The molecule has 0 saturated carbocycles. The van der Waals surface area contributed by atoms with Gasteiger partial charge in [-0.3, -0.25) is 9.59 Å². The molecule has 0 atom stereocenters. The highest BCUT2D eigenvalue weighted by atomic mass is 19.4. The Labute approximate surface area is 119 Å². The molecule has 1 fully saturated rings. The first-order valence-electron chi connectivity index (χ1n) is 6.36. The fraction of sp³-hybridized carbons (Fsp3) is 0.462. The zero-order chi connectivity index (χ0) is 15.6. The SMILES string of the molecule is Cc1nc(C(F)(F)F)ccc1C(=O)N1CCN(C=O)CC1. The Bertz CT molecular complexity index is 552. The normalized spacial score (nSPS) is 16.0. The summed E-state index contributed by atoms with van der Waals surface area (Å²) < 4.78 is 37.6. The minimum absolute atomic E-state index is 0.0487. The first-order chi connectivity index (χ1) is 9.82. The Kier molecular flexibility index (Phi) is 4.15. The summed E-state index contributed by atoms with van der Waals surface area (Å²) in [6.45, 7) is 2.94. The van der Waals surface area contributed by atoms with Gasteiger partial charge in [0.1, 0.15) is 5.69 Å². The molecule has 2 rings (SSSR count). The van der Waals surface area contributed by atoms with Gasteiger partial charge in [0.25, 0.3) is 5.91 Å². The van der Waals surface area contributed by atoms with Gasteiger partial charge in [0.15, 0.2) is 0 Å². The van der Waals surface area contributed by atoms with Crippen LogP contribution >= 0.6 is 0 Å². The number of hydrogen-bond acceptors (Lipinski definition) is 3. The van der Waals surface area contributed by atoms with E-state index in [1.807, 2.05) is 0 Å². The fourth-order valence-electron chi connectivity index (χ4n) is 2.15. The van der Waals surface area contributed by atoms with Crippen molar-refractivity contribution in [3.63, 3.8) is 0 Å². The highest BCUT2D eigenvalue weighted by Crippen LogP contribution is 2.28. The lowest BCUT2D eigenvalue weighted by molar-refractivity contribution is -0.141. The molecule has 114 valence electrons. The zero-order valence-corrected chi connectivity index (χ0v) is 11.4. The van der Waals surface area contributed by atoms with E-state index < -0.39 is 11.9 Å². The first-order valence-corrected chi connectivity index (χ1v) is 6.36. The third kappa shape index (κ3) is 3.32. The number of carbonyl (C=O) groups is 2. The Hall–Kier alpha value is -2.12. The van der Waals surface area contributed by atoms with Crippen molar-refractivity contribution < 1.29 is 22.8 Å². The maximum Gasteiger partial charge on any atom is 0.433 e. The zero-order valence-electron chi connectivity index (χ0n) is 11.4. The van der Waals surface area contributed by atoms with E-state index in [1.54, 1.807) is 4.90 Å². The van der Waals surface area contributed by atoms with Gasteiger partial charge in [-0.2, -0.15) is 13.2 Å². The lowest BCUT2D eigenvalue weighted by atomic mass is 10.1. The van der Waals surface area contributed by atoms with Crippen LogP contribution in [0.3, 0.4) is 0 Å². The van der Waals surface area contributed by atoms with Crippen LogP contribution in [-0.2, 0) is 11.0 Å². The molecule has 2 heterocycles. The number of aromatic nitrogens is 1. The Morgan fingerprint density at radius 2 is 1.86 bits per heavy atom. The second-order valence-corrected chi connectivity index (χ2v) is 4.76.